The second-order valence-corrected chi connectivity index (χ2v) is 5.97. The Bertz CT molecular complexity index is 870. The molecule has 2 aromatic carbocycles. The van der Waals surface area contributed by atoms with Crippen LogP contribution in [0.1, 0.15) is 29.4 Å². The fourth-order valence-corrected chi connectivity index (χ4v) is 2.25. The third-order valence-electron chi connectivity index (χ3n) is 3.90. The summed E-state index contributed by atoms with van der Waals surface area (Å²) in [6.07, 6.45) is 0. The molecule has 7 heteroatoms. The molecule has 0 saturated heterocycles. The van der Waals surface area contributed by atoms with Gasteiger partial charge in [0.2, 0.25) is 0 Å². The van der Waals surface area contributed by atoms with E-state index < -0.39 is 0 Å². The van der Waals surface area contributed by atoms with Crippen molar-refractivity contribution in [3.8, 4) is 5.75 Å². The minimum atomic E-state index is 0.315. The van der Waals surface area contributed by atoms with Crippen LogP contribution in [-0.2, 0) is 25.1 Å². The fourth-order valence-electron chi connectivity index (χ4n) is 2.25. The van der Waals surface area contributed by atoms with E-state index in [1.165, 1.54) is 5.56 Å². The zero-order valence-electron chi connectivity index (χ0n) is 15.1. The smallest absolute Gasteiger partial charge is 0.188 e. The summed E-state index contributed by atoms with van der Waals surface area (Å²) in [4.78, 5) is 5.45. The van der Waals surface area contributed by atoms with Crippen molar-refractivity contribution in [3.63, 3.8) is 0 Å². The van der Waals surface area contributed by atoms with Gasteiger partial charge >= 0.3 is 0 Å². The van der Waals surface area contributed by atoms with Gasteiger partial charge in [0.25, 0.3) is 0 Å². The summed E-state index contributed by atoms with van der Waals surface area (Å²) in [7, 11) is 1.78. The van der Waals surface area contributed by atoms with Crippen molar-refractivity contribution < 1.29 is 9.57 Å². The van der Waals surface area contributed by atoms with Crippen LogP contribution in [0.4, 0.5) is 0 Å². The van der Waals surface area contributed by atoms with Gasteiger partial charge in [0.1, 0.15) is 19.0 Å². The lowest BCUT2D eigenvalue weighted by Gasteiger charge is -2.07. The van der Waals surface area contributed by atoms with Crippen molar-refractivity contribution in [1.82, 2.24) is 20.2 Å². The molecule has 0 N–H and O–H groups in total. The average molecular weight is 351 g/mol. The molecule has 7 nitrogen and oxygen atoms in total. The molecule has 3 rings (SSSR count). The molecule has 0 saturated carbocycles. The largest absolute Gasteiger partial charge is 0.486 e. The molecular formula is C19H21N5O2. The topological polar surface area (TPSA) is 74.4 Å². The predicted octanol–water partition coefficient (Wildman–Crippen LogP) is 3.04. The molecular weight excluding hydrogens is 330 g/mol. The van der Waals surface area contributed by atoms with E-state index in [0.29, 0.717) is 19.0 Å². The number of nitrogens with zero attached hydrogens (tertiary/aromatic N) is 5. The molecule has 0 spiro atoms. The molecule has 0 bridgehead atoms. The van der Waals surface area contributed by atoms with Crippen molar-refractivity contribution >= 4 is 5.71 Å². The first kappa shape index (κ1) is 17.6. The van der Waals surface area contributed by atoms with Crippen molar-refractivity contribution in [1.29, 1.82) is 0 Å². The summed E-state index contributed by atoms with van der Waals surface area (Å²) in [6, 6.07) is 15.9. The first-order chi connectivity index (χ1) is 12.6. The maximum atomic E-state index is 5.68. The van der Waals surface area contributed by atoms with Crippen LogP contribution in [0.15, 0.2) is 53.7 Å². The molecule has 0 radical (unpaired) electrons. The molecule has 0 aliphatic carbocycles. The second-order valence-electron chi connectivity index (χ2n) is 5.97. The summed E-state index contributed by atoms with van der Waals surface area (Å²) >= 11 is 0. The van der Waals surface area contributed by atoms with Crippen LogP contribution in [0, 0.1) is 6.92 Å². The van der Waals surface area contributed by atoms with Gasteiger partial charge in [-0.1, -0.05) is 35.0 Å². The van der Waals surface area contributed by atoms with E-state index in [2.05, 4.69) is 39.7 Å². The Morgan fingerprint density at radius 2 is 1.77 bits per heavy atom. The highest BCUT2D eigenvalue weighted by molar-refractivity contribution is 5.98. The SMILES string of the molecule is C/C(=N\OCc1ccc(C)cc1)c1ccc(OCc2nnnn2C)cc1. The number of aromatic nitrogens is 4. The predicted molar refractivity (Wildman–Crippen MR) is 97.8 cm³/mol. The highest BCUT2D eigenvalue weighted by Crippen LogP contribution is 2.14. The zero-order chi connectivity index (χ0) is 18.4. The molecule has 0 unspecified atom stereocenters. The van der Waals surface area contributed by atoms with Gasteiger partial charge in [-0.15, -0.1) is 5.10 Å². The van der Waals surface area contributed by atoms with Crippen LogP contribution in [0.25, 0.3) is 0 Å². The molecule has 1 heterocycles. The van der Waals surface area contributed by atoms with Crippen LogP contribution in [0.3, 0.4) is 0 Å². The standard InChI is InChI=1S/C19H21N5O2/c1-14-4-6-16(7-5-14)12-26-21-15(2)17-8-10-18(11-9-17)25-13-19-20-22-23-24(19)3/h4-11H,12-13H2,1-3H3/b21-15+. The molecule has 134 valence electrons. The van der Waals surface area contributed by atoms with E-state index in [1.807, 2.05) is 43.3 Å². The summed E-state index contributed by atoms with van der Waals surface area (Å²) < 4.78 is 7.26. The lowest BCUT2D eigenvalue weighted by molar-refractivity contribution is 0.130. The number of rotatable bonds is 7. The van der Waals surface area contributed by atoms with Gasteiger partial charge in [-0.05, 0) is 59.7 Å². The first-order valence-electron chi connectivity index (χ1n) is 8.28. The van der Waals surface area contributed by atoms with Gasteiger partial charge in [0, 0.05) is 7.05 Å². The van der Waals surface area contributed by atoms with Gasteiger partial charge in [0.15, 0.2) is 5.82 Å². The number of benzene rings is 2. The third kappa shape index (κ3) is 4.66. The van der Waals surface area contributed by atoms with Gasteiger partial charge in [-0.25, -0.2) is 4.68 Å². The Hall–Kier alpha value is -3.22. The Balaban J connectivity index is 1.53. The molecule has 26 heavy (non-hydrogen) atoms. The van der Waals surface area contributed by atoms with E-state index in [9.17, 15) is 0 Å². The van der Waals surface area contributed by atoms with Crippen LogP contribution in [-0.4, -0.2) is 25.9 Å². The van der Waals surface area contributed by atoms with Crippen molar-refractivity contribution in [2.75, 3.05) is 0 Å². The highest BCUT2D eigenvalue weighted by atomic mass is 16.6. The molecule has 0 aliphatic heterocycles. The summed E-state index contributed by atoms with van der Waals surface area (Å²) in [5, 5.41) is 15.4. The van der Waals surface area contributed by atoms with E-state index >= 15 is 0 Å². The molecule has 0 aliphatic rings. The quantitative estimate of drug-likeness (QED) is 0.483. The third-order valence-corrected chi connectivity index (χ3v) is 3.90. The van der Waals surface area contributed by atoms with E-state index in [-0.39, 0.29) is 0 Å². The summed E-state index contributed by atoms with van der Waals surface area (Å²) in [5.41, 5.74) is 4.10. The number of hydrogen-bond donors (Lipinski definition) is 0. The molecule has 0 fully saturated rings. The van der Waals surface area contributed by atoms with Crippen molar-refractivity contribution in [2.24, 2.45) is 12.2 Å². The summed E-state index contributed by atoms with van der Waals surface area (Å²) in [5.74, 6) is 1.40. The van der Waals surface area contributed by atoms with Crippen LogP contribution < -0.4 is 4.74 Å². The molecule has 0 amide bonds. The highest BCUT2D eigenvalue weighted by Gasteiger charge is 2.04. The lowest BCUT2D eigenvalue weighted by atomic mass is 10.1. The number of aryl methyl sites for hydroxylation is 2. The fraction of sp³-hybridized carbons (Fsp3) is 0.263. The molecule has 3 aromatic rings. The number of hydrogen-bond acceptors (Lipinski definition) is 6. The minimum Gasteiger partial charge on any atom is -0.486 e. The van der Waals surface area contributed by atoms with E-state index in [1.54, 1.807) is 11.7 Å². The van der Waals surface area contributed by atoms with E-state index in [4.69, 9.17) is 9.57 Å². The lowest BCUT2D eigenvalue weighted by Crippen LogP contribution is -2.04. The van der Waals surface area contributed by atoms with Gasteiger partial charge in [-0.2, -0.15) is 0 Å². The van der Waals surface area contributed by atoms with Crippen molar-refractivity contribution in [2.45, 2.75) is 27.1 Å². The maximum absolute atomic E-state index is 5.68. The normalized spacial score (nSPS) is 11.4. The second kappa shape index (κ2) is 8.24. The van der Waals surface area contributed by atoms with Gasteiger partial charge < -0.3 is 9.57 Å². The van der Waals surface area contributed by atoms with Gasteiger partial charge in [-0.3, -0.25) is 0 Å². The van der Waals surface area contributed by atoms with E-state index in [0.717, 1.165) is 22.6 Å². The monoisotopic (exact) mass is 351 g/mol. The van der Waals surface area contributed by atoms with Crippen LogP contribution in [0.5, 0.6) is 5.75 Å². The molecule has 1 aromatic heterocycles. The van der Waals surface area contributed by atoms with Crippen LogP contribution in [0.2, 0.25) is 0 Å². The molecule has 0 atom stereocenters. The first-order valence-corrected chi connectivity index (χ1v) is 8.28. The number of tetrazole rings is 1. The Morgan fingerprint density at radius 1 is 1.04 bits per heavy atom. The minimum absolute atomic E-state index is 0.315. The Kier molecular flexibility index (Phi) is 5.58. The average Bonchev–Trinajstić information content (AvgIpc) is 3.07. The number of oxime groups is 1. The Morgan fingerprint density at radius 3 is 2.42 bits per heavy atom. The Labute approximate surface area is 152 Å². The maximum Gasteiger partial charge on any atom is 0.188 e. The van der Waals surface area contributed by atoms with Crippen molar-refractivity contribution in [3.05, 3.63) is 71.0 Å². The summed E-state index contributed by atoms with van der Waals surface area (Å²) in [6.45, 7) is 4.74. The zero-order valence-corrected chi connectivity index (χ0v) is 15.1. The van der Waals surface area contributed by atoms with Crippen LogP contribution >= 0.6 is 0 Å². The number of ether oxygens (including phenoxy) is 1. The van der Waals surface area contributed by atoms with Gasteiger partial charge in [0.05, 0.1) is 5.71 Å².